The topological polar surface area (TPSA) is 76.3 Å². The molecule has 5 nitrogen and oxygen atoms in total. The summed E-state index contributed by atoms with van der Waals surface area (Å²) in [6, 6.07) is 7.77. The maximum absolute atomic E-state index is 11.5. The van der Waals surface area contributed by atoms with Crippen molar-refractivity contribution >= 4 is 21.5 Å². The summed E-state index contributed by atoms with van der Waals surface area (Å²) in [7, 11) is -2.24. The Bertz CT molecular complexity index is 736. The highest BCUT2D eigenvalue weighted by atomic mass is 32.2. The van der Waals surface area contributed by atoms with Crippen LogP contribution in [0.3, 0.4) is 0 Å². The van der Waals surface area contributed by atoms with Crippen molar-refractivity contribution in [3.63, 3.8) is 0 Å². The average molecular weight is 325 g/mol. The Morgan fingerprint density at radius 1 is 1.24 bits per heavy atom. The summed E-state index contributed by atoms with van der Waals surface area (Å²) in [5.41, 5.74) is 3.05. The maximum atomic E-state index is 11.5. The minimum absolute atomic E-state index is 0.336. The molecular weight excluding hydrogens is 306 g/mol. The van der Waals surface area contributed by atoms with E-state index < -0.39 is 10.2 Å². The molecule has 1 heterocycles. The predicted octanol–water partition coefficient (Wildman–Crippen LogP) is 2.62. The third kappa shape index (κ3) is 3.49. The Kier molecular flexibility index (Phi) is 4.48. The van der Waals surface area contributed by atoms with Crippen molar-refractivity contribution < 1.29 is 8.42 Å². The van der Waals surface area contributed by atoms with Crippen LogP contribution in [0.5, 0.6) is 0 Å². The van der Waals surface area contributed by atoms with Crippen LogP contribution in [-0.2, 0) is 10.2 Å². The SMILES string of the molecule is Cc1ccc(-c2nc(C)c([C@@H](C)N(C)S(N)(=O)=O)s2)cc1. The van der Waals surface area contributed by atoms with Gasteiger partial charge in [0.05, 0.1) is 11.7 Å². The van der Waals surface area contributed by atoms with Gasteiger partial charge in [-0.15, -0.1) is 11.3 Å². The number of nitrogens with two attached hydrogens (primary N) is 1. The minimum atomic E-state index is -3.72. The molecule has 0 fully saturated rings. The van der Waals surface area contributed by atoms with Crippen molar-refractivity contribution in [3.8, 4) is 10.6 Å². The molecule has 0 aliphatic rings. The highest BCUT2D eigenvalue weighted by molar-refractivity contribution is 7.86. The molecule has 0 bridgehead atoms. The Hall–Kier alpha value is -1.28. The molecule has 114 valence electrons. The predicted molar refractivity (Wildman–Crippen MR) is 86.3 cm³/mol. The van der Waals surface area contributed by atoms with Gasteiger partial charge in [-0.05, 0) is 20.8 Å². The number of benzene rings is 1. The molecule has 7 heteroatoms. The molecule has 21 heavy (non-hydrogen) atoms. The zero-order valence-corrected chi connectivity index (χ0v) is 14.1. The number of thiazole rings is 1. The van der Waals surface area contributed by atoms with Gasteiger partial charge in [0, 0.05) is 17.5 Å². The van der Waals surface area contributed by atoms with Gasteiger partial charge >= 0.3 is 0 Å². The Balaban J connectivity index is 2.37. The monoisotopic (exact) mass is 325 g/mol. The number of nitrogens with zero attached hydrogens (tertiary/aromatic N) is 2. The largest absolute Gasteiger partial charge is 0.277 e. The lowest BCUT2D eigenvalue weighted by Gasteiger charge is -2.20. The molecular formula is C14H19N3O2S2. The first-order valence-electron chi connectivity index (χ1n) is 6.50. The smallest absolute Gasteiger partial charge is 0.241 e. The maximum Gasteiger partial charge on any atom is 0.277 e. The van der Waals surface area contributed by atoms with E-state index in [1.165, 1.54) is 23.9 Å². The second-order valence-corrected chi connectivity index (χ2v) is 7.71. The number of hydrogen-bond donors (Lipinski definition) is 1. The van der Waals surface area contributed by atoms with Crippen molar-refractivity contribution in [3.05, 3.63) is 40.4 Å². The van der Waals surface area contributed by atoms with Crippen LogP contribution in [0.25, 0.3) is 10.6 Å². The fourth-order valence-corrected chi connectivity index (χ4v) is 3.78. The molecule has 1 aromatic heterocycles. The second-order valence-electron chi connectivity index (χ2n) is 5.07. The highest BCUT2D eigenvalue weighted by Crippen LogP contribution is 2.34. The van der Waals surface area contributed by atoms with E-state index in [9.17, 15) is 8.42 Å². The zero-order valence-electron chi connectivity index (χ0n) is 12.5. The number of aromatic nitrogens is 1. The van der Waals surface area contributed by atoms with Gasteiger partial charge in [0.25, 0.3) is 10.2 Å². The molecule has 0 aliphatic carbocycles. The molecule has 0 saturated heterocycles. The summed E-state index contributed by atoms with van der Waals surface area (Å²) >= 11 is 1.50. The number of rotatable bonds is 4. The van der Waals surface area contributed by atoms with E-state index in [2.05, 4.69) is 4.98 Å². The average Bonchev–Trinajstić information content (AvgIpc) is 2.79. The van der Waals surface area contributed by atoms with Crippen LogP contribution in [0.15, 0.2) is 24.3 Å². The molecule has 2 aromatic rings. The van der Waals surface area contributed by atoms with Gasteiger partial charge < -0.3 is 0 Å². The van der Waals surface area contributed by atoms with Crippen molar-refractivity contribution in [1.82, 2.24) is 9.29 Å². The van der Waals surface area contributed by atoms with Crippen LogP contribution in [0.1, 0.15) is 29.1 Å². The summed E-state index contributed by atoms with van der Waals surface area (Å²) in [6.07, 6.45) is 0. The van der Waals surface area contributed by atoms with Crippen LogP contribution in [0.4, 0.5) is 0 Å². The summed E-state index contributed by atoms with van der Waals surface area (Å²) in [5, 5.41) is 6.07. The van der Waals surface area contributed by atoms with E-state index in [0.29, 0.717) is 0 Å². The lowest BCUT2D eigenvalue weighted by molar-refractivity contribution is 0.402. The quantitative estimate of drug-likeness (QED) is 0.939. The molecule has 0 spiro atoms. The first kappa shape index (κ1) is 16.1. The van der Waals surface area contributed by atoms with Gasteiger partial charge in [0.1, 0.15) is 5.01 Å². The molecule has 0 saturated carbocycles. The number of hydrogen-bond acceptors (Lipinski definition) is 4. The van der Waals surface area contributed by atoms with Gasteiger partial charge in [-0.2, -0.15) is 12.7 Å². The zero-order chi connectivity index (χ0) is 15.8. The first-order chi connectivity index (χ1) is 9.70. The second kappa shape index (κ2) is 5.84. The van der Waals surface area contributed by atoms with E-state index in [0.717, 1.165) is 25.4 Å². The summed E-state index contributed by atoms with van der Waals surface area (Å²) in [4.78, 5) is 5.46. The van der Waals surface area contributed by atoms with Crippen molar-refractivity contribution in [1.29, 1.82) is 0 Å². The fraction of sp³-hybridized carbons (Fsp3) is 0.357. The molecule has 0 radical (unpaired) electrons. The van der Waals surface area contributed by atoms with Gasteiger partial charge in [0.15, 0.2) is 0 Å². The normalized spacial score (nSPS) is 13.6. The van der Waals surface area contributed by atoms with Crippen molar-refractivity contribution in [2.45, 2.75) is 26.8 Å². The minimum Gasteiger partial charge on any atom is -0.241 e. The van der Waals surface area contributed by atoms with Gasteiger partial charge in [-0.3, -0.25) is 0 Å². The molecule has 0 amide bonds. The van der Waals surface area contributed by atoms with Crippen LogP contribution in [0, 0.1) is 13.8 Å². The summed E-state index contributed by atoms with van der Waals surface area (Å²) in [6.45, 7) is 5.73. The van der Waals surface area contributed by atoms with Crippen LogP contribution < -0.4 is 5.14 Å². The van der Waals surface area contributed by atoms with E-state index in [-0.39, 0.29) is 6.04 Å². The van der Waals surface area contributed by atoms with Gasteiger partial charge in [0.2, 0.25) is 0 Å². The lowest BCUT2D eigenvalue weighted by atomic mass is 10.2. The van der Waals surface area contributed by atoms with Gasteiger partial charge in [-0.25, -0.2) is 10.1 Å². The van der Waals surface area contributed by atoms with Crippen LogP contribution in [0.2, 0.25) is 0 Å². The molecule has 1 atom stereocenters. The van der Waals surface area contributed by atoms with E-state index in [1.54, 1.807) is 0 Å². The first-order valence-corrected chi connectivity index (χ1v) is 8.82. The third-order valence-corrected chi connectivity index (χ3v) is 5.95. The molecule has 1 aromatic carbocycles. The molecule has 0 unspecified atom stereocenters. The van der Waals surface area contributed by atoms with Crippen LogP contribution in [-0.4, -0.2) is 24.8 Å². The standard InChI is InChI=1S/C14H19N3O2S2/c1-9-5-7-12(8-6-9)14-16-10(2)13(20-14)11(3)17(4)21(15,18)19/h5-8,11H,1-4H3,(H2,15,18,19)/t11-/m1/s1. The Morgan fingerprint density at radius 3 is 2.33 bits per heavy atom. The van der Waals surface area contributed by atoms with Gasteiger partial charge in [-0.1, -0.05) is 29.8 Å². The van der Waals surface area contributed by atoms with Crippen molar-refractivity contribution in [2.75, 3.05) is 7.05 Å². The summed E-state index contributed by atoms with van der Waals surface area (Å²) in [5.74, 6) is 0. The molecule has 0 aliphatic heterocycles. The molecule has 2 N–H and O–H groups in total. The fourth-order valence-electron chi connectivity index (χ4n) is 2.00. The summed E-state index contributed by atoms with van der Waals surface area (Å²) < 4.78 is 24.1. The number of aryl methyl sites for hydroxylation is 2. The van der Waals surface area contributed by atoms with E-state index in [4.69, 9.17) is 5.14 Å². The highest BCUT2D eigenvalue weighted by Gasteiger charge is 2.24. The van der Waals surface area contributed by atoms with Crippen LogP contribution >= 0.6 is 11.3 Å². The lowest BCUT2D eigenvalue weighted by Crippen LogP contribution is -2.35. The Morgan fingerprint density at radius 2 is 1.81 bits per heavy atom. The Labute approximate surface area is 129 Å². The van der Waals surface area contributed by atoms with E-state index >= 15 is 0 Å². The van der Waals surface area contributed by atoms with Crippen molar-refractivity contribution in [2.24, 2.45) is 5.14 Å². The third-order valence-electron chi connectivity index (χ3n) is 3.46. The molecule has 2 rings (SSSR count). The van der Waals surface area contributed by atoms with E-state index in [1.807, 2.05) is 45.0 Å².